The summed E-state index contributed by atoms with van der Waals surface area (Å²) in [5.41, 5.74) is 1.59. The van der Waals surface area contributed by atoms with Gasteiger partial charge in [-0.15, -0.1) is 0 Å². The molecular formula is C25H27F2NO5. The normalized spacial score (nSPS) is 11.1. The molecule has 0 saturated carbocycles. The van der Waals surface area contributed by atoms with Crippen LogP contribution in [0.15, 0.2) is 53.1 Å². The van der Waals surface area contributed by atoms with E-state index in [0.29, 0.717) is 42.0 Å². The molecule has 0 aliphatic carbocycles. The summed E-state index contributed by atoms with van der Waals surface area (Å²) in [6.07, 6.45) is -0.651. The molecule has 0 N–H and O–H groups in total. The van der Waals surface area contributed by atoms with Gasteiger partial charge >= 0.3 is 0 Å². The fourth-order valence-corrected chi connectivity index (χ4v) is 3.09. The van der Waals surface area contributed by atoms with Crippen molar-refractivity contribution in [2.24, 2.45) is 5.92 Å². The lowest BCUT2D eigenvalue weighted by atomic mass is 10.0. The molecule has 8 heteroatoms. The Morgan fingerprint density at radius 3 is 2.52 bits per heavy atom. The second-order valence-corrected chi connectivity index (χ2v) is 7.84. The molecule has 0 spiro atoms. The van der Waals surface area contributed by atoms with E-state index in [1.165, 1.54) is 12.3 Å². The van der Waals surface area contributed by atoms with Gasteiger partial charge in [0.1, 0.15) is 18.6 Å². The first-order valence-corrected chi connectivity index (χ1v) is 10.7. The van der Waals surface area contributed by atoms with E-state index in [-0.39, 0.29) is 23.5 Å². The summed E-state index contributed by atoms with van der Waals surface area (Å²) in [6.45, 7) is 3.89. The molecule has 33 heavy (non-hydrogen) atoms. The lowest BCUT2D eigenvalue weighted by Crippen LogP contribution is -2.10. The Morgan fingerprint density at radius 2 is 1.79 bits per heavy atom. The molecule has 3 rings (SSSR count). The fourth-order valence-electron chi connectivity index (χ4n) is 3.09. The van der Waals surface area contributed by atoms with Crippen LogP contribution in [0.3, 0.4) is 0 Å². The number of para-hydroxylation sites is 1. The number of ketones is 1. The lowest BCUT2D eigenvalue weighted by molar-refractivity contribution is 0.0799. The minimum atomic E-state index is -2.61. The molecule has 0 bridgehead atoms. The summed E-state index contributed by atoms with van der Waals surface area (Å²) >= 11 is 0. The smallest absolute Gasteiger partial charge is 0.272 e. The first-order chi connectivity index (χ1) is 15.9. The van der Waals surface area contributed by atoms with Crippen LogP contribution in [-0.4, -0.2) is 37.5 Å². The zero-order chi connectivity index (χ0) is 23.8. The number of aryl methyl sites for hydroxylation is 1. The van der Waals surface area contributed by atoms with Gasteiger partial charge in [0.05, 0.1) is 25.0 Å². The van der Waals surface area contributed by atoms with Gasteiger partial charge in [0.15, 0.2) is 17.3 Å². The number of halogens is 2. The van der Waals surface area contributed by atoms with E-state index in [4.69, 9.17) is 18.6 Å². The summed E-state index contributed by atoms with van der Waals surface area (Å²) in [5.74, 6) is 1.89. The van der Waals surface area contributed by atoms with Gasteiger partial charge in [0, 0.05) is 18.4 Å². The summed E-state index contributed by atoms with van der Waals surface area (Å²) in [6, 6.07) is 11.8. The minimum absolute atomic E-state index is 0.131. The van der Waals surface area contributed by atoms with Crippen molar-refractivity contribution in [1.82, 2.24) is 4.98 Å². The molecule has 2 aromatic carbocycles. The summed E-state index contributed by atoms with van der Waals surface area (Å²) < 4.78 is 46.8. The van der Waals surface area contributed by atoms with E-state index in [2.05, 4.69) is 18.8 Å². The average Bonchev–Trinajstić information content (AvgIpc) is 3.29. The maximum atomic E-state index is 12.6. The van der Waals surface area contributed by atoms with Gasteiger partial charge < -0.3 is 18.6 Å². The zero-order valence-electron chi connectivity index (χ0n) is 18.8. The number of benzene rings is 2. The number of hydrogen-bond donors (Lipinski definition) is 0. The highest BCUT2D eigenvalue weighted by molar-refractivity contribution is 5.98. The Hall–Kier alpha value is -3.42. The van der Waals surface area contributed by atoms with Crippen molar-refractivity contribution >= 4 is 5.78 Å². The second kappa shape index (κ2) is 11.4. The molecule has 0 saturated heterocycles. The van der Waals surface area contributed by atoms with Gasteiger partial charge in [-0.1, -0.05) is 26.0 Å². The van der Waals surface area contributed by atoms with Crippen molar-refractivity contribution in [3.8, 4) is 28.7 Å². The van der Waals surface area contributed by atoms with Crippen molar-refractivity contribution in [3.05, 3.63) is 60.0 Å². The maximum Gasteiger partial charge on any atom is 0.272 e. The fraction of sp³-hybridized carbons (Fsp3) is 0.360. The summed E-state index contributed by atoms with van der Waals surface area (Å²) in [4.78, 5) is 17.1. The van der Waals surface area contributed by atoms with E-state index in [1.807, 2.05) is 6.07 Å². The van der Waals surface area contributed by atoms with Crippen LogP contribution in [0.5, 0.6) is 17.2 Å². The monoisotopic (exact) mass is 459 g/mol. The SMILES string of the molecule is COc1ccc(-c2nc(CCC(=O)c3ccccc3OCC(F)F)co2)cc1OCC(C)C. The molecule has 0 aliphatic heterocycles. The highest BCUT2D eigenvalue weighted by Gasteiger charge is 2.16. The Kier molecular flexibility index (Phi) is 8.40. The van der Waals surface area contributed by atoms with Crippen molar-refractivity contribution in [2.45, 2.75) is 33.1 Å². The predicted molar refractivity (Wildman–Crippen MR) is 119 cm³/mol. The number of carbonyl (C=O) groups excluding carboxylic acids is 1. The topological polar surface area (TPSA) is 70.8 Å². The van der Waals surface area contributed by atoms with Gasteiger partial charge in [0.2, 0.25) is 5.89 Å². The van der Waals surface area contributed by atoms with E-state index in [0.717, 1.165) is 5.56 Å². The predicted octanol–water partition coefficient (Wildman–Crippen LogP) is 5.84. The Balaban J connectivity index is 1.67. The molecule has 1 heterocycles. The lowest BCUT2D eigenvalue weighted by Gasteiger charge is -2.13. The number of methoxy groups -OCH3 is 1. The molecule has 0 aliphatic rings. The van der Waals surface area contributed by atoms with Gasteiger partial charge in [-0.3, -0.25) is 4.79 Å². The van der Waals surface area contributed by atoms with E-state index in [1.54, 1.807) is 37.4 Å². The summed E-state index contributed by atoms with van der Waals surface area (Å²) in [5, 5.41) is 0. The van der Waals surface area contributed by atoms with Gasteiger partial charge in [-0.05, 0) is 36.2 Å². The van der Waals surface area contributed by atoms with E-state index >= 15 is 0 Å². The van der Waals surface area contributed by atoms with Crippen LogP contribution in [0, 0.1) is 5.92 Å². The third kappa shape index (κ3) is 6.78. The van der Waals surface area contributed by atoms with Crippen molar-refractivity contribution < 1.29 is 32.2 Å². The minimum Gasteiger partial charge on any atom is -0.493 e. The van der Waals surface area contributed by atoms with Crippen LogP contribution in [0.25, 0.3) is 11.5 Å². The highest BCUT2D eigenvalue weighted by atomic mass is 19.3. The van der Waals surface area contributed by atoms with Crippen LogP contribution in [0.1, 0.15) is 36.3 Å². The molecular weight excluding hydrogens is 432 g/mol. The van der Waals surface area contributed by atoms with Gasteiger partial charge in [-0.25, -0.2) is 13.8 Å². The quantitative estimate of drug-likeness (QED) is 0.317. The Bertz CT molecular complexity index is 1060. The molecule has 0 fully saturated rings. The molecule has 0 unspecified atom stereocenters. The number of ether oxygens (including phenoxy) is 3. The van der Waals surface area contributed by atoms with Gasteiger partial charge in [-0.2, -0.15) is 0 Å². The van der Waals surface area contributed by atoms with Crippen molar-refractivity contribution in [1.29, 1.82) is 0 Å². The molecule has 1 aromatic heterocycles. The second-order valence-electron chi connectivity index (χ2n) is 7.84. The van der Waals surface area contributed by atoms with Crippen LogP contribution in [-0.2, 0) is 6.42 Å². The van der Waals surface area contributed by atoms with Crippen LogP contribution < -0.4 is 14.2 Å². The number of nitrogens with zero attached hydrogens (tertiary/aromatic N) is 1. The van der Waals surface area contributed by atoms with Crippen LogP contribution >= 0.6 is 0 Å². The third-order valence-corrected chi connectivity index (χ3v) is 4.69. The maximum absolute atomic E-state index is 12.6. The van der Waals surface area contributed by atoms with Gasteiger partial charge in [0.25, 0.3) is 6.43 Å². The van der Waals surface area contributed by atoms with Crippen molar-refractivity contribution in [3.63, 3.8) is 0 Å². The molecule has 3 aromatic rings. The third-order valence-electron chi connectivity index (χ3n) is 4.69. The van der Waals surface area contributed by atoms with Crippen LogP contribution in [0.4, 0.5) is 8.78 Å². The number of rotatable bonds is 12. The number of Topliss-reactive ketones (excluding diaryl/α,β-unsaturated/α-hetero) is 1. The largest absolute Gasteiger partial charge is 0.493 e. The Labute approximate surface area is 191 Å². The first-order valence-electron chi connectivity index (χ1n) is 10.7. The van der Waals surface area contributed by atoms with Crippen molar-refractivity contribution in [2.75, 3.05) is 20.3 Å². The first kappa shape index (κ1) is 24.2. The molecule has 0 radical (unpaired) electrons. The molecule has 0 amide bonds. The average molecular weight is 459 g/mol. The zero-order valence-corrected chi connectivity index (χ0v) is 18.8. The molecule has 176 valence electrons. The molecule has 6 nitrogen and oxygen atoms in total. The van der Waals surface area contributed by atoms with Crippen LogP contribution in [0.2, 0.25) is 0 Å². The number of carbonyl (C=O) groups is 1. The number of alkyl halides is 2. The number of oxazole rings is 1. The van der Waals surface area contributed by atoms with E-state index in [9.17, 15) is 13.6 Å². The molecule has 0 atom stereocenters. The standard InChI is InChI=1S/C25H27F2NO5/c1-16(2)13-31-23-12-17(8-11-22(23)30-3)25-28-18(14-33-25)9-10-20(29)19-6-4-5-7-21(19)32-15-24(26)27/h4-8,11-12,14,16,24H,9-10,13,15H2,1-3H3. The summed E-state index contributed by atoms with van der Waals surface area (Å²) in [7, 11) is 1.58. The highest BCUT2D eigenvalue weighted by Crippen LogP contribution is 2.33. The van der Waals surface area contributed by atoms with E-state index < -0.39 is 13.0 Å². The Morgan fingerprint density at radius 1 is 1.03 bits per heavy atom. The number of aromatic nitrogens is 1. The number of hydrogen-bond acceptors (Lipinski definition) is 6.